The Morgan fingerprint density at radius 1 is 0.880 bits per heavy atom. The fourth-order valence-electron chi connectivity index (χ4n) is 2.02. The normalized spacial score (nSPS) is 10.6. The Labute approximate surface area is 145 Å². The number of benzene rings is 2. The van der Waals surface area contributed by atoms with Crippen LogP contribution in [0.25, 0.3) is 0 Å². The summed E-state index contributed by atoms with van der Waals surface area (Å²) in [6, 6.07) is 15.0. The number of rotatable bonds is 3. The molecule has 6 nitrogen and oxygen atoms in total. The number of nitrogen functional groups attached to an aromatic ring is 1. The van der Waals surface area contributed by atoms with E-state index in [4.69, 9.17) is 5.73 Å². The molecule has 1 heterocycles. The van der Waals surface area contributed by atoms with E-state index in [1.165, 1.54) is 24.5 Å². The number of hydrogen-bond donors (Lipinski definition) is 2. The van der Waals surface area contributed by atoms with Crippen LogP contribution in [0.1, 0.15) is 11.1 Å². The summed E-state index contributed by atoms with van der Waals surface area (Å²) >= 11 is 0. The lowest BCUT2D eigenvalue weighted by Gasteiger charge is -2.08. The highest BCUT2D eigenvalue weighted by Gasteiger charge is 2.13. The summed E-state index contributed by atoms with van der Waals surface area (Å²) < 4.78 is 27.2. The first-order valence-corrected chi connectivity index (χ1v) is 8.79. The highest BCUT2D eigenvalue weighted by Crippen LogP contribution is 2.16. The van der Waals surface area contributed by atoms with E-state index in [0.29, 0.717) is 16.8 Å². The van der Waals surface area contributed by atoms with Crippen molar-refractivity contribution < 1.29 is 8.42 Å². The van der Waals surface area contributed by atoms with Crippen LogP contribution in [0, 0.1) is 11.8 Å². The van der Waals surface area contributed by atoms with Gasteiger partial charge in [0.05, 0.1) is 16.1 Å². The number of aromatic nitrogens is 2. The molecule has 0 bridgehead atoms. The second kappa shape index (κ2) is 7.03. The summed E-state index contributed by atoms with van der Waals surface area (Å²) in [7, 11) is -3.63. The van der Waals surface area contributed by atoms with Crippen LogP contribution in [0.2, 0.25) is 0 Å². The average molecular weight is 350 g/mol. The largest absolute Gasteiger partial charge is 0.368 e. The first-order valence-electron chi connectivity index (χ1n) is 7.30. The van der Waals surface area contributed by atoms with E-state index in [2.05, 4.69) is 26.5 Å². The molecule has 124 valence electrons. The van der Waals surface area contributed by atoms with Crippen molar-refractivity contribution in [2.24, 2.45) is 0 Å². The maximum Gasteiger partial charge on any atom is 0.261 e. The number of nitrogens with two attached hydrogens (primary N) is 1. The Hall–Kier alpha value is -3.37. The highest BCUT2D eigenvalue weighted by atomic mass is 32.2. The zero-order valence-corrected chi connectivity index (χ0v) is 13.9. The molecule has 0 radical (unpaired) electrons. The summed E-state index contributed by atoms with van der Waals surface area (Å²) in [4.78, 5) is 7.93. The monoisotopic (exact) mass is 350 g/mol. The molecule has 3 rings (SSSR count). The lowest BCUT2D eigenvalue weighted by molar-refractivity contribution is 0.601. The SMILES string of the molecule is Nc1ncc(C#Cc2cccc(NS(=O)(=O)c3ccccc3)c2)cn1. The van der Waals surface area contributed by atoms with Crippen molar-refractivity contribution in [3.8, 4) is 11.8 Å². The van der Waals surface area contributed by atoms with Gasteiger partial charge >= 0.3 is 0 Å². The Morgan fingerprint density at radius 3 is 2.28 bits per heavy atom. The van der Waals surface area contributed by atoms with Crippen LogP contribution < -0.4 is 10.5 Å². The lowest BCUT2D eigenvalue weighted by Crippen LogP contribution is -2.12. The fraction of sp³-hybridized carbons (Fsp3) is 0. The van der Waals surface area contributed by atoms with Gasteiger partial charge in [-0.2, -0.15) is 0 Å². The van der Waals surface area contributed by atoms with Crippen molar-refractivity contribution in [1.29, 1.82) is 0 Å². The molecule has 0 fully saturated rings. The minimum atomic E-state index is -3.63. The molecule has 0 aliphatic rings. The molecule has 0 saturated heterocycles. The van der Waals surface area contributed by atoms with E-state index in [0.717, 1.165) is 0 Å². The molecule has 0 saturated carbocycles. The van der Waals surface area contributed by atoms with Gasteiger partial charge in [0.2, 0.25) is 5.95 Å². The molecule has 7 heteroatoms. The minimum absolute atomic E-state index is 0.183. The third kappa shape index (κ3) is 4.34. The van der Waals surface area contributed by atoms with Crippen LogP contribution in [0.15, 0.2) is 71.9 Å². The minimum Gasteiger partial charge on any atom is -0.368 e. The van der Waals surface area contributed by atoms with E-state index >= 15 is 0 Å². The molecule has 25 heavy (non-hydrogen) atoms. The molecule has 0 atom stereocenters. The van der Waals surface area contributed by atoms with E-state index in [1.54, 1.807) is 42.5 Å². The van der Waals surface area contributed by atoms with Crippen molar-refractivity contribution in [2.75, 3.05) is 10.5 Å². The predicted octanol–water partition coefficient (Wildman–Crippen LogP) is 2.26. The van der Waals surface area contributed by atoms with Gasteiger partial charge in [-0.05, 0) is 30.3 Å². The van der Waals surface area contributed by atoms with Gasteiger partial charge in [-0.25, -0.2) is 18.4 Å². The van der Waals surface area contributed by atoms with Crippen LogP contribution >= 0.6 is 0 Å². The number of nitrogens with zero attached hydrogens (tertiary/aromatic N) is 2. The third-order valence-electron chi connectivity index (χ3n) is 3.19. The van der Waals surface area contributed by atoms with E-state index in [1.807, 2.05) is 0 Å². The molecule has 3 N–H and O–H groups in total. The lowest BCUT2D eigenvalue weighted by atomic mass is 10.2. The van der Waals surface area contributed by atoms with Gasteiger partial charge in [0.15, 0.2) is 0 Å². The highest BCUT2D eigenvalue weighted by molar-refractivity contribution is 7.92. The van der Waals surface area contributed by atoms with E-state index < -0.39 is 10.0 Å². The topological polar surface area (TPSA) is 98.0 Å². The molecular formula is C18H14N4O2S. The Kier molecular flexibility index (Phi) is 4.64. The number of anilines is 2. The number of hydrogen-bond acceptors (Lipinski definition) is 5. The van der Waals surface area contributed by atoms with Gasteiger partial charge in [-0.1, -0.05) is 36.1 Å². The summed E-state index contributed by atoms with van der Waals surface area (Å²) in [6.07, 6.45) is 3.05. The second-order valence-corrected chi connectivity index (χ2v) is 6.76. The molecule has 0 unspecified atom stereocenters. The third-order valence-corrected chi connectivity index (χ3v) is 4.59. The van der Waals surface area contributed by atoms with Crippen LogP contribution in [0.5, 0.6) is 0 Å². The maximum absolute atomic E-state index is 12.3. The fourth-order valence-corrected chi connectivity index (χ4v) is 3.09. The molecule has 1 aromatic heterocycles. The maximum atomic E-state index is 12.3. The second-order valence-electron chi connectivity index (χ2n) is 5.08. The Bertz CT molecular complexity index is 1040. The zero-order valence-electron chi connectivity index (χ0n) is 13.0. The molecule has 0 spiro atoms. The van der Waals surface area contributed by atoms with Crippen LogP contribution in [0.4, 0.5) is 11.6 Å². The van der Waals surface area contributed by atoms with E-state index in [-0.39, 0.29) is 10.8 Å². The van der Waals surface area contributed by atoms with Crippen molar-refractivity contribution in [3.63, 3.8) is 0 Å². The first kappa shape index (κ1) is 16.5. The van der Waals surface area contributed by atoms with Crippen LogP contribution in [-0.4, -0.2) is 18.4 Å². The van der Waals surface area contributed by atoms with Gasteiger partial charge in [0.1, 0.15) is 0 Å². The summed E-state index contributed by atoms with van der Waals surface area (Å²) in [5.41, 5.74) is 7.13. The van der Waals surface area contributed by atoms with Crippen molar-refractivity contribution in [3.05, 3.63) is 78.1 Å². The molecule has 2 aromatic carbocycles. The van der Waals surface area contributed by atoms with Crippen molar-refractivity contribution >= 4 is 21.7 Å². The summed E-state index contributed by atoms with van der Waals surface area (Å²) in [5, 5.41) is 0. The predicted molar refractivity (Wildman–Crippen MR) is 96.1 cm³/mol. The van der Waals surface area contributed by atoms with Gasteiger partial charge in [-0.3, -0.25) is 4.72 Å². The van der Waals surface area contributed by atoms with Gasteiger partial charge in [-0.15, -0.1) is 0 Å². The Balaban J connectivity index is 1.82. The van der Waals surface area contributed by atoms with Gasteiger partial charge in [0.25, 0.3) is 10.0 Å². The molecular weight excluding hydrogens is 336 g/mol. The van der Waals surface area contributed by atoms with Crippen LogP contribution in [-0.2, 0) is 10.0 Å². The van der Waals surface area contributed by atoms with Gasteiger partial charge in [0, 0.05) is 18.0 Å². The smallest absolute Gasteiger partial charge is 0.261 e. The van der Waals surface area contributed by atoms with Crippen LogP contribution in [0.3, 0.4) is 0 Å². The molecule has 0 amide bonds. The molecule has 0 aliphatic carbocycles. The first-order chi connectivity index (χ1) is 12.0. The van der Waals surface area contributed by atoms with Gasteiger partial charge < -0.3 is 5.73 Å². The number of nitrogens with one attached hydrogen (secondary N) is 1. The zero-order chi connectivity index (χ0) is 17.7. The number of sulfonamides is 1. The summed E-state index contributed by atoms with van der Waals surface area (Å²) in [6.45, 7) is 0. The molecule has 0 aliphatic heterocycles. The van der Waals surface area contributed by atoms with Crippen molar-refractivity contribution in [2.45, 2.75) is 4.90 Å². The molecule has 3 aromatic rings. The van der Waals surface area contributed by atoms with E-state index in [9.17, 15) is 8.42 Å². The summed E-state index contributed by atoms with van der Waals surface area (Å²) in [5.74, 6) is 6.03. The Morgan fingerprint density at radius 2 is 1.56 bits per heavy atom. The average Bonchev–Trinajstić information content (AvgIpc) is 2.62. The standard InChI is InChI=1S/C18H14N4O2S/c19-18-20-12-15(13-21-18)10-9-14-5-4-6-16(11-14)22-25(23,24)17-7-2-1-3-8-17/h1-8,11-13,22H,(H2,19,20,21). The van der Waals surface area contributed by atoms with Crippen molar-refractivity contribution in [1.82, 2.24) is 9.97 Å². The quantitative estimate of drug-likeness (QED) is 0.706.